The molecule has 0 spiro atoms. The molecule has 2 nitrogen and oxygen atoms in total. The Labute approximate surface area is 130 Å². The van der Waals surface area contributed by atoms with E-state index in [4.69, 9.17) is 0 Å². The molecule has 1 aromatic carbocycles. The van der Waals surface area contributed by atoms with Crippen molar-refractivity contribution in [3.05, 3.63) is 28.2 Å². The molecular formula is C17H24BrNO. The lowest BCUT2D eigenvalue weighted by Crippen LogP contribution is -2.42. The Kier molecular flexibility index (Phi) is 4.37. The zero-order valence-corrected chi connectivity index (χ0v) is 13.8. The van der Waals surface area contributed by atoms with Crippen LogP contribution in [0.2, 0.25) is 0 Å². The van der Waals surface area contributed by atoms with Crippen LogP contribution in [0.1, 0.15) is 50.7 Å². The van der Waals surface area contributed by atoms with Crippen molar-refractivity contribution >= 4 is 21.6 Å². The number of anilines is 1. The van der Waals surface area contributed by atoms with Gasteiger partial charge in [0.15, 0.2) is 0 Å². The standard InChI is InChI=1S/C17H24BrNO/c1-12(20)14-6-7-17(16(18)10-14)19-9-8-13-4-2-3-5-15(13)11-19/h6-7,10,12-13,15,20H,2-5,8-9,11H2,1H3. The average Bonchev–Trinajstić information content (AvgIpc) is 2.46. The first-order valence-electron chi connectivity index (χ1n) is 7.87. The van der Waals surface area contributed by atoms with Gasteiger partial charge < -0.3 is 10.0 Å². The van der Waals surface area contributed by atoms with E-state index in [2.05, 4.69) is 39.0 Å². The predicted octanol–water partition coefficient (Wildman–Crippen LogP) is 4.52. The number of hydrogen-bond donors (Lipinski definition) is 1. The first-order chi connectivity index (χ1) is 9.65. The zero-order valence-electron chi connectivity index (χ0n) is 12.2. The van der Waals surface area contributed by atoms with Gasteiger partial charge in [-0.3, -0.25) is 0 Å². The summed E-state index contributed by atoms with van der Waals surface area (Å²) in [7, 11) is 0. The number of aliphatic hydroxyl groups excluding tert-OH is 1. The lowest BCUT2D eigenvalue weighted by atomic mass is 9.75. The van der Waals surface area contributed by atoms with Gasteiger partial charge in [0.1, 0.15) is 0 Å². The molecule has 3 unspecified atom stereocenters. The SMILES string of the molecule is CC(O)c1ccc(N2CCC3CCCCC3C2)c(Br)c1. The number of fused-ring (bicyclic) bond motifs is 1. The monoisotopic (exact) mass is 337 g/mol. The van der Waals surface area contributed by atoms with E-state index in [1.54, 1.807) is 0 Å². The largest absolute Gasteiger partial charge is 0.389 e. The Morgan fingerprint density at radius 1 is 1.20 bits per heavy atom. The third-order valence-corrected chi connectivity index (χ3v) is 5.72. The van der Waals surface area contributed by atoms with Crippen molar-refractivity contribution < 1.29 is 5.11 Å². The van der Waals surface area contributed by atoms with Gasteiger partial charge in [-0.15, -0.1) is 0 Å². The highest BCUT2D eigenvalue weighted by Crippen LogP contribution is 2.39. The van der Waals surface area contributed by atoms with E-state index in [0.717, 1.165) is 21.9 Å². The predicted molar refractivity (Wildman–Crippen MR) is 87.1 cm³/mol. The maximum atomic E-state index is 9.67. The molecule has 1 heterocycles. The molecule has 3 heteroatoms. The summed E-state index contributed by atoms with van der Waals surface area (Å²) < 4.78 is 1.12. The van der Waals surface area contributed by atoms with Gasteiger partial charge in [-0.25, -0.2) is 0 Å². The Morgan fingerprint density at radius 3 is 2.65 bits per heavy atom. The Bertz CT molecular complexity index is 474. The highest BCUT2D eigenvalue weighted by atomic mass is 79.9. The quantitative estimate of drug-likeness (QED) is 0.857. The third-order valence-electron chi connectivity index (χ3n) is 5.09. The second kappa shape index (κ2) is 6.07. The minimum atomic E-state index is -0.399. The van der Waals surface area contributed by atoms with E-state index in [1.165, 1.54) is 50.9 Å². The summed E-state index contributed by atoms with van der Waals surface area (Å²) in [4.78, 5) is 2.53. The van der Waals surface area contributed by atoms with Crippen molar-refractivity contribution in [3.8, 4) is 0 Å². The van der Waals surface area contributed by atoms with Crippen molar-refractivity contribution in [3.63, 3.8) is 0 Å². The molecule has 0 radical (unpaired) electrons. The van der Waals surface area contributed by atoms with Gasteiger partial charge in [0.2, 0.25) is 0 Å². The van der Waals surface area contributed by atoms with Crippen LogP contribution in [-0.4, -0.2) is 18.2 Å². The highest BCUT2D eigenvalue weighted by Gasteiger charge is 2.31. The van der Waals surface area contributed by atoms with Crippen molar-refractivity contribution in [2.24, 2.45) is 11.8 Å². The number of piperidine rings is 1. The van der Waals surface area contributed by atoms with Crippen molar-refractivity contribution in [2.45, 2.75) is 45.1 Å². The van der Waals surface area contributed by atoms with Gasteiger partial charge in [0, 0.05) is 17.6 Å². The Morgan fingerprint density at radius 2 is 1.95 bits per heavy atom. The van der Waals surface area contributed by atoms with Crippen molar-refractivity contribution in [2.75, 3.05) is 18.0 Å². The van der Waals surface area contributed by atoms with Gasteiger partial charge >= 0.3 is 0 Å². The molecule has 2 fully saturated rings. The first-order valence-corrected chi connectivity index (χ1v) is 8.67. The summed E-state index contributed by atoms with van der Waals surface area (Å²) in [5, 5.41) is 9.67. The molecule has 1 aliphatic heterocycles. The molecule has 2 aliphatic rings. The first kappa shape index (κ1) is 14.4. The summed E-state index contributed by atoms with van der Waals surface area (Å²) in [6.45, 7) is 4.19. The number of rotatable bonds is 2. The molecule has 20 heavy (non-hydrogen) atoms. The van der Waals surface area contributed by atoms with Gasteiger partial charge in [-0.05, 0) is 65.2 Å². The van der Waals surface area contributed by atoms with Crippen LogP contribution in [0.15, 0.2) is 22.7 Å². The number of nitrogens with zero attached hydrogens (tertiary/aromatic N) is 1. The average molecular weight is 338 g/mol. The fourth-order valence-corrected chi connectivity index (χ4v) is 4.51. The van der Waals surface area contributed by atoms with Gasteiger partial charge in [-0.1, -0.05) is 25.3 Å². The topological polar surface area (TPSA) is 23.5 Å². The van der Waals surface area contributed by atoms with Gasteiger partial charge in [0.25, 0.3) is 0 Å². The smallest absolute Gasteiger partial charge is 0.0762 e. The summed E-state index contributed by atoms with van der Waals surface area (Å²) in [6.07, 6.45) is 6.65. The zero-order chi connectivity index (χ0) is 14.1. The Hall–Kier alpha value is -0.540. The molecule has 1 aliphatic carbocycles. The molecule has 1 saturated heterocycles. The second-order valence-electron chi connectivity index (χ2n) is 6.43. The molecule has 1 saturated carbocycles. The highest BCUT2D eigenvalue weighted by molar-refractivity contribution is 9.10. The molecule has 110 valence electrons. The molecular weight excluding hydrogens is 314 g/mol. The third kappa shape index (κ3) is 2.89. The number of halogens is 1. The van der Waals surface area contributed by atoms with Crippen LogP contribution in [-0.2, 0) is 0 Å². The Balaban J connectivity index is 1.76. The van der Waals surface area contributed by atoms with Crippen molar-refractivity contribution in [1.29, 1.82) is 0 Å². The van der Waals surface area contributed by atoms with E-state index in [1.807, 2.05) is 6.92 Å². The van der Waals surface area contributed by atoms with Crippen LogP contribution in [0, 0.1) is 11.8 Å². The number of benzene rings is 1. The van der Waals surface area contributed by atoms with Crippen LogP contribution in [0.4, 0.5) is 5.69 Å². The summed E-state index contributed by atoms with van der Waals surface area (Å²) in [5.41, 5.74) is 2.27. The maximum Gasteiger partial charge on any atom is 0.0762 e. The maximum absolute atomic E-state index is 9.67. The second-order valence-corrected chi connectivity index (χ2v) is 7.28. The summed E-state index contributed by atoms with van der Waals surface area (Å²) in [6, 6.07) is 6.28. The fraction of sp³-hybridized carbons (Fsp3) is 0.647. The number of hydrogen-bond acceptors (Lipinski definition) is 2. The molecule has 0 bridgehead atoms. The molecule has 1 N–H and O–H groups in total. The fourth-order valence-electron chi connectivity index (χ4n) is 3.86. The molecule has 1 aromatic rings. The van der Waals surface area contributed by atoms with Gasteiger partial charge in [-0.2, -0.15) is 0 Å². The molecule has 3 atom stereocenters. The van der Waals surface area contributed by atoms with Gasteiger partial charge in [0.05, 0.1) is 11.8 Å². The van der Waals surface area contributed by atoms with E-state index in [9.17, 15) is 5.11 Å². The summed E-state index contributed by atoms with van der Waals surface area (Å²) >= 11 is 3.69. The lowest BCUT2D eigenvalue weighted by molar-refractivity contribution is 0.199. The molecule has 3 rings (SSSR count). The van der Waals surface area contributed by atoms with Crippen LogP contribution >= 0.6 is 15.9 Å². The van der Waals surface area contributed by atoms with Crippen molar-refractivity contribution in [1.82, 2.24) is 0 Å². The van der Waals surface area contributed by atoms with Crippen LogP contribution in [0.25, 0.3) is 0 Å². The minimum Gasteiger partial charge on any atom is -0.389 e. The van der Waals surface area contributed by atoms with Crippen LogP contribution in [0.5, 0.6) is 0 Å². The summed E-state index contributed by atoms with van der Waals surface area (Å²) in [5.74, 6) is 1.86. The van der Waals surface area contributed by atoms with E-state index >= 15 is 0 Å². The van der Waals surface area contributed by atoms with Crippen LogP contribution in [0.3, 0.4) is 0 Å². The lowest BCUT2D eigenvalue weighted by Gasteiger charge is -2.42. The minimum absolute atomic E-state index is 0.399. The van der Waals surface area contributed by atoms with Crippen LogP contribution < -0.4 is 4.90 Å². The molecule has 0 aromatic heterocycles. The molecule has 0 amide bonds. The van der Waals surface area contributed by atoms with E-state index < -0.39 is 6.10 Å². The number of aliphatic hydroxyl groups is 1. The normalized spacial score (nSPS) is 28.1. The van der Waals surface area contributed by atoms with E-state index in [-0.39, 0.29) is 0 Å². The van der Waals surface area contributed by atoms with E-state index in [0.29, 0.717) is 0 Å².